The van der Waals surface area contributed by atoms with Gasteiger partial charge in [0.1, 0.15) is 11.2 Å². The lowest BCUT2D eigenvalue weighted by Gasteiger charge is -2.40. The number of anilines is 1. The zero-order chi connectivity index (χ0) is 26.3. The van der Waals surface area contributed by atoms with Crippen molar-refractivity contribution in [3.8, 4) is 5.75 Å². The van der Waals surface area contributed by atoms with Gasteiger partial charge in [-0.15, -0.1) is 11.8 Å². The van der Waals surface area contributed by atoms with E-state index in [1.807, 2.05) is 18.0 Å². The molecule has 0 N–H and O–H groups in total. The van der Waals surface area contributed by atoms with Crippen molar-refractivity contribution in [3.63, 3.8) is 0 Å². The smallest absolute Gasteiger partial charge is 0.270 e. The van der Waals surface area contributed by atoms with Crippen LogP contribution in [-0.4, -0.2) is 62.0 Å². The largest absolute Gasteiger partial charge is 0.490 e. The Kier molecular flexibility index (Phi) is 6.36. The van der Waals surface area contributed by atoms with E-state index in [4.69, 9.17) is 9.72 Å². The summed E-state index contributed by atoms with van der Waals surface area (Å²) in [5, 5.41) is 0. The van der Waals surface area contributed by atoms with E-state index in [1.54, 1.807) is 21.3 Å². The average molecular weight is 543 g/mol. The monoisotopic (exact) mass is 542 g/mol. The fourth-order valence-corrected chi connectivity index (χ4v) is 7.04. The Bertz CT molecular complexity index is 1620. The molecular formula is C29H30N6O3S. The first-order valence-corrected chi connectivity index (χ1v) is 14.5. The number of nitrogens with zero attached hydrogens (tertiary/aromatic N) is 6. The summed E-state index contributed by atoms with van der Waals surface area (Å²) in [6, 6.07) is 16.3. The predicted octanol–water partition coefficient (Wildman–Crippen LogP) is 3.16. The molecule has 1 fully saturated rings. The predicted molar refractivity (Wildman–Crippen MR) is 152 cm³/mol. The number of thioether (sulfide) groups is 1. The summed E-state index contributed by atoms with van der Waals surface area (Å²) in [4.78, 5) is 40.4. The molecule has 3 aromatic heterocycles. The molecule has 1 atom stereocenters. The van der Waals surface area contributed by atoms with E-state index in [9.17, 15) is 9.59 Å². The van der Waals surface area contributed by atoms with E-state index in [1.165, 1.54) is 16.8 Å². The molecule has 1 aromatic carbocycles. The van der Waals surface area contributed by atoms with Gasteiger partial charge in [0, 0.05) is 49.7 Å². The summed E-state index contributed by atoms with van der Waals surface area (Å²) >= 11 is 1.83. The molecule has 200 valence electrons. The molecule has 0 saturated carbocycles. The third kappa shape index (κ3) is 4.61. The molecule has 0 amide bonds. The Morgan fingerprint density at radius 1 is 1.00 bits per heavy atom. The van der Waals surface area contributed by atoms with Gasteiger partial charge < -0.3 is 14.5 Å². The lowest BCUT2D eigenvalue weighted by molar-refractivity contribution is 0.179. The van der Waals surface area contributed by atoms with Gasteiger partial charge in [-0.2, -0.15) is 0 Å². The minimum atomic E-state index is -0.143. The lowest BCUT2D eigenvalue weighted by Crippen LogP contribution is -2.46. The van der Waals surface area contributed by atoms with Gasteiger partial charge in [0.2, 0.25) is 0 Å². The maximum Gasteiger partial charge on any atom is 0.270 e. The maximum atomic E-state index is 12.8. The van der Waals surface area contributed by atoms with Gasteiger partial charge >= 0.3 is 0 Å². The number of benzene rings is 1. The van der Waals surface area contributed by atoms with E-state index in [0.29, 0.717) is 23.8 Å². The highest BCUT2D eigenvalue weighted by Gasteiger charge is 2.31. The molecule has 3 aliphatic heterocycles. The molecule has 0 radical (unpaired) electrons. The molecule has 7 rings (SSSR count). The van der Waals surface area contributed by atoms with Crippen LogP contribution >= 0.6 is 11.8 Å². The molecule has 6 heterocycles. The lowest BCUT2D eigenvalue weighted by atomic mass is 10.0. The first-order chi connectivity index (χ1) is 19.1. The molecular weight excluding hydrogens is 512 g/mol. The normalized spacial score (nSPS) is 19.1. The second-order valence-corrected chi connectivity index (χ2v) is 11.6. The fraction of sp³-hybridized carbons (Fsp3) is 0.379. The Morgan fingerprint density at radius 3 is 2.69 bits per heavy atom. The summed E-state index contributed by atoms with van der Waals surface area (Å²) < 4.78 is 9.23. The Hall–Kier alpha value is -3.63. The molecule has 1 unspecified atom stereocenters. The van der Waals surface area contributed by atoms with Crippen molar-refractivity contribution in [2.45, 2.75) is 42.9 Å². The summed E-state index contributed by atoms with van der Waals surface area (Å²) in [6.45, 7) is 4.59. The van der Waals surface area contributed by atoms with Crippen molar-refractivity contribution in [2.24, 2.45) is 0 Å². The SMILES string of the molecule is O=c1ccc2ncc(=O)n3c2n1CC3CN1CCC(N(Cc2cc3c(cn2)OCCS3)c2ccccc2)CC1. The number of ether oxygens (including phenoxy) is 1. The van der Waals surface area contributed by atoms with E-state index < -0.39 is 0 Å². The number of rotatable bonds is 6. The summed E-state index contributed by atoms with van der Waals surface area (Å²) in [7, 11) is 0. The standard InChI is InChI=1S/C29H30N6O3S/c36-27-7-6-24-29-34(27)19-23(35(29)28(37)16-31-24)18-32-10-8-22(9-11-32)33(21-4-2-1-3-5-21)17-20-14-26-25(15-30-20)38-12-13-39-26/h1-7,14-16,22-23H,8-13,17-19H2. The molecule has 3 aliphatic rings. The quantitative estimate of drug-likeness (QED) is 0.367. The minimum Gasteiger partial charge on any atom is -0.490 e. The van der Waals surface area contributed by atoms with Crippen LogP contribution in [0, 0.1) is 0 Å². The number of piperidine rings is 1. The van der Waals surface area contributed by atoms with Gasteiger partial charge in [-0.05, 0) is 37.1 Å². The van der Waals surface area contributed by atoms with E-state index in [-0.39, 0.29) is 17.2 Å². The first-order valence-electron chi connectivity index (χ1n) is 13.5. The topological polar surface area (TPSA) is 85.5 Å². The van der Waals surface area contributed by atoms with Crippen molar-refractivity contribution >= 4 is 28.6 Å². The molecule has 39 heavy (non-hydrogen) atoms. The zero-order valence-electron chi connectivity index (χ0n) is 21.6. The number of aromatic nitrogens is 4. The molecule has 1 saturated heterocycles. The van der Waals surface area contributed by atoms with Crippen molar-refractivity contribution in [1.29, 1.82) is 0 Å². The molecule has 10 heteroatoms. The van der Waals surface area contributed by atoms with Crippen LogP contribution in [0.15, 0.2) is 75.4 Å². The molecule has 0 aliphatic carbocycles. The van der Waals surface area contributed by atoms with Crippen LogP contribution in [0.25, 0.3) is 11.2 Å². The van der Waals surface area contributed by atoms with E-state index in [0.717, 1.165) is 62.8 Å². The highest BCUT2D eigenvalue weighted by molar-refractivity contribution is 7.99. The summed E-state index contributed by atoms with van der Waals surface area (Å²) in [5.41, 5.74) is 3.37. The van der Waals surface area contributed by atoms with Crippen LogP contribution in [0.2, 0.25) is 0 Å². The zero-order valence-corrected chi connectivity index (χ0v) is 22.4. The third-order valence-corrected chi connectivity index (χ3v) is 9.05. The van der Waals surface area contributed by atoms with Gasteiger partial charge in [-0.25, -0.2) is 4.98 Å². The van der Waals surface area contributed by atoms with Crippen LogP contribution in [0.1, 0.15) is 24.6 Å². The number of hydrogen-bond donors (Lipinski definition) is 0. The minimum absolute atomic E-state index is 0.0701. The molecule has 0 bridgehead atoms. The Labute approximate surface area is 230 Å². The van der Waals surface area contributed by atoms with Gasteiger partial charge in [0.05, 0.1) is 42.2 Å². The third-order valence-electron chi connectivity index (χ3n) is 8.05. The highest BCUT2D eigenvalue weighted by Crippen LogP contribution is 2.34. The summed E-state index contributed by atoms with van der Waals surface area (Å²) in [6.07, 6.45) is 5.26. The van der Waals surface area contributed by atoms with Crippen LogP contribution < -0.4 is 20.8 Å². The van der Waals surface area contributed by atoms with Crippen molar-refractivity contribution in [2.75, 3.05) is 36.9 Å². The molecule has 9 nitrogen and oxygen atoms in total. The second kappa shape index (κ2) is 10.2. The summed E-state index contributed by atoms with van der Waals surface area (Å²) in [5.74, 6) is 1.85. The Morgan fingerprint density at radius 2 is 1.85 bits per heavy atom. The Balaban J connectivity index is 1.07. The van der Waals surface area contributed by atoms with E-state index >= 15 is 0 Å². The van der Waals surface area contributed by atoms with Crippen molar-refractivity contribution in [3.05, 3.63) is 87.3 Å². The van der Waals surface area contributed by atoms with Gasteiger partial charge in [0.15, 0.2) is 5.75 Å². The first kappa shape index (κ1) is 24.4. The number of para-hydroxylation sites is 1. The van der Waals surface area contributed by atoms with Crippen molar-refractivity contribution in [1.82, 2.24) is 24.0 Å². The van der Waals surface area contributed by atoms with Crippen LogP contribution in [0.4, 0.5) is 5.69 Å². The van der Waals surface area contributed by atoms with Crippen LogP contribution in [0.5, 0.6) is 5.75 Å². The van der Waals surface area contributed by atoms with Crippen LogP contribution in [-0.2, 0) is 13.1 Å². The molecule has 4 aromatic rings. The van der Waals surface area contributed by atoms with Crippen LogP contribution in [0.3, 0.4) is 0 Å². The second-order valence-electron chi connectivity index (χ2n) is 10.4. The van der Waals surface area contributed by atoms with Gasteiger partial charge in [0.25, 0.3) is 11.1 Å². The van der Waals surface area contributed by atoms with E-state index in [2.05, 4.69) is 51.2 Å². The van der Waals surface area contributed by atoms with Crippen molar-refractivity contribution < 1.29 is 4.74 Å². The highest BCUT2D eigenvalue weighted by atomic mass is 32.2. The average Bonchev–Trinajstić information content (AvgIpc) is 3.37. The number of pyridine rings is 2. The van der Waals surface area contributed by atoms with Gasteiger partial charge in [-0.1, -0.05) is 18.2 Å². The number of hydrogen-bond acceptors (Lipinski definition) is 8. The number of fused-ring (bicyclic) bond motifs is 1. The maximum absolute atomic E-state index is 12.8. The number of likely N-dealkylation sites (tertiary alicyclic amines) is 1. The molecule has 0 spiro atoms. The fourth-order valence-electron chi connectivity index (χ4n) is 6.18. The van der Waals surface area contributed by atoms with Gasteiger partial charge in [-0.3, -0.25) is 23.7 Å².